The smallest absolute Gasteiger partial charge is 0.0223 e. The van der Waals surface area contributed by atoms with Crippen LogP contribution in [0, 0.1) is 0 Å². The van der Waals surface area contributed by atoms with Gasteiger partial charge in [0.1, 0.15) is 0 Å². The second kappa shape index (κ2) is 7.91. The molecule has 1 aromatic rings. The van der Waals surface area contributed by atoms with Crippen LogP contribution in [0.4, 0.5) is 0 Å². The molecule has 0 aliphatic heterocycles. The molecule has 0 heterocycles. The van der Waals surface area contributed by atoms with E-state index in [1.807, 2.05) is 0 Å². The molecule has 2 heteroatoms. The Hall–Kier alpha value is 0.0800. The van der Waals surface area contributed by atoms with Gasteiger partial charge in [-0.3, -0.25) is 0 Å². The normalized spacial score (nSPS) is 12.7. The minimum absolute atomic E-state index is 0.0429. The Morgan fingerprint density at radius 2 is 0.900 bits per heavy atom. The largest absolute Gasteiger partial charge is 0.0700 e. The summed E-state index contributed by atoms with van der Waals surface area (Å²) in [5.41, 5.74) is 3.07. The van der Waals surface area contributed by atoms with Crippen LogP contribution in [-0.2, 0) is 0 Å². The fourth-order valence-corrected chi connectivity index (χ4v) is 9.16. The van der Waals surface area contributed by atoms with Gasteiger partial charge in [-0.1, -0.05) is 89.4 Å². The summed E-state index contributed by atoms with van der Waals surface area (Å²) in [5.74, 6) is 0. The fraction of sp³-hybridized carbons (Fsp3) is 0.667. The van der Waals surface area contributed by atoms with Crippen molar-refractivity contribution >= 4 is 26.5 Å². The first-order chi connectivity index (χ1) is 9.25. The van der Waals surface area contributed by atoms with Crippen LogP contribution in [0.5, 0.6) is 0 Å². The summed E-state index contributed by atoms with van der Waals surface area (Å²) in [6.07, 6.45) is 0. The molecule has 0 atom stereocenters. The summed E-state index contributed by atoms with van der Waals surface area (Å²) in [4.78, 5) is 0. The van der Waals surface area contributed by atoms with Crippen LogP contribution in [0.3, 0.4) is 0 Å². The summed E-state index contributed by atoms with van der Waals surface area (Å²) < 4.78 is 0. The molecule has 1 aromatic carbocycles. The van der Waals surface area contributed by atoms with Gasteiger partial charge in [0.25, 0.3) is 0 Å². The Morgan fingerprint density at radius 1 is 0.600 bits per heavy atom. The van der Waals surface area contributed by atoms with Crippen LogP contribution >= 0.6 is 15.8 Å². The number of hydrogen-bond donors (Lipinski definition) is 0. The molecule has 0 N–H and O–H groups in total. The molecule has 0 saturated heterocycles. The van der Waals surface area contributed by atoms with Crippen molar-refractivity contribution in [1.29, 1.82) is 0 Å². The Balaban J connectivity index is 3.17. The van der Waals surface area contributed by atoms with Crippen molar-refractivity contribution in [2.45, 2.75) is 78.0 Å². The maximum Gasteiger partial charge on any atom is -0.0223 e. The average Bonchev–Trinajstić information content (AvgIpc) is 2.27. The molecular formula is C18H32P2. The van der Waals surface area contributed by atoms with Crippen molar-refractivity contribution in [1.82, 2.24) is 0 Å². The molecule has 20 heavy (non-hydrogen) atoms. The molecule has 0 aliphatic carbocycles. The van der Waals surface area contributed by atoms with Gasteiger partial charge in [0, 0.05) is 0 Å². The second-order valence-electron chi connectivity index (χ2n) is 6.71. The zero-order valence-electron chi connectivity index (χ0n) is 14.5. The highest BCUT2D eigenvalue weighted by atomic mass is 31.1. The highest BCUT2D eigenvalue weighted by molar-refractivity contribution is 7.68. The third-order valence-electron chi connectivity index (χ3n) is 3.65. The second-order valence-corrected chi connectivity index (χ2v) is 13.5. The van der Waals surface area contributed by atoms with Crippen LogP contribution in [0.1, 0.15) is 55.4 Å². The number of hydrogen-bond acceptors (Lipinski definition) is 0. The van der Waals surface area contributed by atoms with E-state index in [-0.39, 0.29) is 15.8 Å². The summed E-state index contributed by atoms with van der Waals surface area (Å²) in [6.45, 7) is 19.0. The fourth-order valence-electron chi connectivity index (χ4n) is 3.20. The first kappa shape index (κ1) is 18.1. The molecule has 0 unspecified atom stereocenters. The van der Waals surface area contributed by atoms with Gasteiger partial charge in [-0.2, -0.15) is 0 Å². The van der Waals surface area contributed by atoms with E-state index in [1.54, 1.807) is 10.6 Å². The first-order valence-electron chi connectivity index (χ1n) is 7.92. The zero-order valence-corrected chi connectivity index (χ0v) is 16.3. The SMILES string of the molecule is CC(C)P(c1cccc(P(C(C)C)C(C)C)c1)C(C)C. The van der Waals surface area contributed by atoms with Crippen LogP contribution in [0.2, 0.25) is 0 Å². The third kappa shape index (κ3) is 4.54. The van der Waals surface area contributed by atoms with E-state index >= 15 is 0 Å². The summed E-state index contributed by atoms with van der Waals surface area (Å²) >= 11 is 0. The molecule has 0 radical (unpaired) electrons. The first-order valence-corrected chi connectivity index (χ1v) is 10.9. The topological polar surface area (TPSA) is 0 Å². The molecule has 114 valence electrons. The van der Waals surface area contributed by atoms with Crippen LogP contribution in [-0.4, -0.2) is 22.6 Å². The van der Waals surface area contributed by atoms with E-state index in [0.29, 0.717) is 0 Å². The minimum atomic E-state index is -0.0429. The quantitative estimate of drug-likeness (QED) is 0.606. The Labute approximate surface area is 129 Å². The van der Waals surface area contributed by atoms with Gasteiger partial charge in [-0.15, -0.1) is 0 Å². The molecule has 0 bridgehead atoms. The molecule has 0 fully saturated rings. The molecule has 0 amide bonds. The Morgan fingerprint density at radius 3 is 1.15 bits per heavy atom. The maximum atomic E-state index is 2.54. The predicted molar refractivity (Wildman–Crippen MR) is 100 cm³/mol. The lowest BCUT2D eigenvalue weighted by Gasteiger charge is -2.30. The molecule has 0 spiro atoms. The zero-order chi connectivity index (χ0) is 15.4. The van der Waals surface area contributed by atoms with Crippen molar-refractivity contribution < 1.29 is 0 Å². The maximum absolute atomic E-state index is 2.54. The van der Waals surface area contributed by atoms with Crippen molar-refractivity contribution in [2.75, 3.05) is 0 Å². The van der Waals surface area contributed by atoms with Crippen molar-refractivity contribution in [3.8, 4) is 0 Å². The van der Waals surface area contributed by atoms with E-state index in [4.69, 9.17) is 0 Å². The van der Waals surface area contributed by atoms with Gasteiger partial charge < -0.3 is 0 Å². The monoisotopic (exact) mass is 310 g/mol. The van der Waals surface area contributed by atoms with Crippen LogP contribution in [0.15, 0.2) is 24.3 Å². The van der Waals surface area contributed by atoms with Crippen LogP contribution < -0.4 is 10.6 Å². The molecule has 0 nitrogen and oxygen atoms in total. The molecule has 1 rings (SSSR count). The van der Waals surface area contributed by atoms with Gasteiger partial charge in [0.05, 0.1) is 0 Å². The van der Waals surface area contributed by atoms with Gasteiger partial charge in [-0.25, -0.2) is 0 Å². The van der Waals surface area contributed by atoms with E-state index in [2.05, 4.69) is 79.7 Å². The number of rotatable bonds is 6. The average molecular weight is 310 g/mol. The summed E-state index contributed by atoms with van der Waals surface area (Å²) in [7, 11) is -0.0858. The highest BCUT2D eigenvalue weighted by Crippen LogP contribution is 2.47. The van der Waals surface area contributed by atoms with Crippen molar-refractivity contribution in [3.63, 3.8) is 0 Å². The molecule has 0 aromatic heterocycles. The van der Waals surface area contributed by atoms with Gasteiger partial charge in [0.2, 0.25) is 0 Å². The van der Waals surface area contributed by atoms with Crippen molar-refractivity contribution in [2.24, 2.45) is 0 Å². The summed E-state index contributed by atoms with van der Waals surface area (Å²) in [5, 5.41) is 3.22. The Bertz CT molecular complexity index is 356. The predicted octanol–water partition coefficient (Wildman–Crippen LogP) is 5.53. The van der Waals surface area contributed by atoms with E-state index in [9.17, 15) is 0 Å². The molecule has 0 aliphatic rings. The van der Waals surface area contributed by atoms with Crippen LogP contribution in [0.25, 0.3) is 0 Å². The van der Waals surface area contributed by atoms with Gasteiger partial charge >= 0.3 is 0 Å². The third-order valence-corrected chi connectivity index (χ3v) is 9.85. The summed E-state index contributed by atoms with van der Waals surface area (Å²) in [6, 6.07) is 9.56. The van der Waals surface area contributed by atoms with E-state index in [0.717, 1.165) is 22.6 Å². The lowest BCUT2D eigenvalue weighted by atomic mass is 10.4. The lowest BCUT2D eigenvalue weighted by molar-refractivity contribution is 1.02. The standard InChI is InChI=1S/C18H32P2/c1-13(2)19(14(3)4)17-10-9-11-18(12-17)20(15(5)6)16(7)8/h9-16H,1-8H3. The van der Waals surface area contributed by atoms with Gasteiger partial charge in [-0.05, 0) is 39.3 Å². The van der Waals surface area contributed by atoms with E-state index < -0.39 is 0 Å². The van der Waals surface area contributed by atoms with Crippen molar-refractivity contribution in [3.05, 3.63) is 24.3 Å². The van der Waals surface area contributed by atoms with E-state index in [1.165, 1.54) is 0 Å². The molecule has 0 saturated carbocycles. The van der Waals surface area contributed by atoms with Gasteiger partial charge in [0.15, 0.2) is 0 Å². The molecular weight excluding hydrogens is 278 g/mol. The lowest BCUT2D eigenvalue weighted by Crippen LogP contribution is -2.21. The number of benzene rings is 1. The minimum Gasteiger partial charge on any atom is -0.0700 e. The Kier molecular flexibility index (Phi) is 7.17. The highest BCUT2D eigenvalue weighted by Gasteiger charge is 2.22.